The van der Waals surface area contributed by atoms with E-state index in [-0.39, 0.29) is 61.7 Å². The Balaban J connectivity index is 0. The third kappa shape index (κ3) is 7.24. The molecule has 33 heavy (non-hydrogen) atoms. The predicted molar refractivity (Wildman–Crippen MR) is 140 cm³/mol. The van der Waals surface area contributed by atoms with Gasteiger partial charge in [0.25, 0.3) is 0 Å². The van der Waals surface area contributed by atoms with Crippen LogP contribution in [0.15, 0.2) is 54.6 Å². The van der Waals surface area contributed by atoms with Crippen LogP contribution in [0.3, 0.4) is 0 Å². The van der Waals surface area contributed by atoms with Crippen LogP contribution in [0.5, 0.6) is 0 Å². The predicted octanol–water partition coefficient (Wildman–Crippen LogP) is 3.19. The van der Waals surface area contributed by atoms with Crippen LogP contribution in [-0.4, -0.2) is 23.9 Å². The van der Waals surface area contributed by atoms with E-state index < -0.39 is 0 Å². The van der Waals surface area contributed by atoms with Crippen LogP contribution in [0.4, 0.5) is 0 Å². The van der Waals surface area contributed by atoms with Gasteiger partial charge >= 0.3 is 23.9 Å². The molecule has 3 rings (SSSR count). The Morgan fingerprint density at radius 3 is 1.00 bits per heavy atom. The molecule has 0 spiro atoms. The molecule has 0 aliphatic heterocycles. The monoisotopic (exact) mass is 681 g/mol. The summed E-state index contributed by atoms with van der Waals surface area (Å²) in [6, 6.07) is 24.1. The SMILES string of the molecule is CC(C)c1cccc(C(C)C)c1-c1[c]c(-c2c(C(C)C)cccc2C(C)C)ccc1.[Cl-].[HH].[I-].[Sn+2]. The maximum absolute atomic E-state index is 3.86. The fraction of sp³-hybridized carbons (Fsp3) is 0.400. The van der Waals surface area contributed by atoms with Gasteiger partial charge in [-0.15, -0.1) is 0 Å². The zero-order valence-corrected chi connectivity index (χ0v) is 27.0. The summed E-state index contributed by atoms with van der Waals surface area (Å²) in [6.45, 7) is 18.3. The topological polar surface area (TPSA) is 0 Å². The van der Waals surface area contributed by atoms with Crippen molar-refractivity contribution in [2.75, 3.05) is 0 Å². The summed E-state index contributed by atoms with van der Waals surface area (Å²) < 4.78 is 0. The van der Waals surface area contributed by atoms with Crippen LogP contribution >= 0.6 is 0 Å². The molecule has 177 valence electrons. The van der Waals surface area contributed by atoms with Gasteiger partial charge in [0.1, 0.15) is 0 Å². The van der Waals surface area contributed by atoms with Gasteiger partial charge in [-0.25, -0.2) is 0 Å². The molecule has 3 aromatic carbocycles. The Morgan fingerprint density at radius 1 is 0.515 bits per heavy atom. The summed E-state index contributed by atoms with van der Waals surface area (Å²) in [5.41, 5.74) is 10.8. The molecule has 0 aliphatic rings. The van der Waals surface area contributed by atoms with Gasteiger partial charge in [-0.3, -0.25) is 0 Å². The number of hydrogen-bond acceptors (Lipinski definition) is 0. The molecule has 3 heteroatoms. The van der Waals surface area contributed by atoms with Crippen molar-refractivity contribution < 1.29 is 37.8 Å². The molecule has 0 bridgehead atoms. The number of rotatable bonds is 6. The smallest absolute Gasteiger partial charge is 1.00 e. The van der Waals surface area contributed by atoms with Gasteiger partial charge < -0.3 is 36.4 Å². The Bertz CT molecular complexity index is 897. The molecule has 0 aromatic heterocycles. The molecule has 0 unspecified atom stereocenters. The van der Waals surface area contributed by atoms with E-state index in [1.807, 2.05) is 0 Å². The van der Waals surface area contributed by atoms with Crippen molar-refractivity contribution in [1.29, 1.82) is 0 Å². The second-order valence-electron chi connectivity index (χ2n) is 9.72. The van der Waals surface area contributed by atoms with Crippen LogP contribution in [0, 0.1) is 6.07 Å². The largest absolute Gasteiger partial charge is 2.00 e. The van der Waals surface area contributed by atoms with E-state index in [1.54, 1.807) is 0 Å². The Hall–Kier alpha value is -0.521. The van der Waals surface area contributed by atoms with Crippen molar-refractivity contribution in [3.05, 3.63) is 82.9 Å². The van der Waals surface area contributed by atoms with Gasteiger partial charge in [-0.1, -0.05) is 110 Å². The fourth-order valence-electron chi connectivity index (χ4n) is 4.48. The number of hydrogen-bond donors (Lipinski definition) is 0. The van der Waals surface area contributed by atoms with Crippen molar-refractivity contribution in [2.45, 2.75) is 79.1 Å². The first-order chi connectivity index (χ1) is 14.2. The van der Waals surface area contributed by atoms with E-state index in [4.69, 9.17) is 0 Å². The first-order valence-electron chi connectivity index (χ1n) is 11.5. The molecule has 0 fully saturated rings. The Morgan fingerprint density at radius 2 is 0.758 bits per heavy atom. The molecule has 0 N–H and O–H groups in total. The summed E-state index contributed by atoms with van der Waals surface area (Å²) in [5.74, 6) is 1.91. The zero-order valence-electron chi connectivity index (χ0n) is 21.3. The number of halogens is 2. The van der Waals surface area contributed by atoms with E-state index in [9.17, 15) is 0 Å². The molecule has 0 amide bonds. The Labute approximate surface area is 244 Å². The van der Waals surface area contributed by atoms with E-state index in [0.717, 1.165) is 0 Å². The van der Waals surface area contributed by atoms with E-state index >= 15 is 0 Å². The molecule has 0 nitrogen and oxygen atoms in total. The second-order valence-corrected chi connectivity index (χ2v) is 9.72. The fourth-order valence-corrected chi connectivity index (χ4v) is 4.48. The molecular formula is C30H39ClISn. The van der Waals surface area contributed by atoms with Crippen molar-refractivity contribution >= 4 is 23.9 Å². The Kier molecular flexibility index (Phi) is 13.9. The normalized spacial score (nSPS) is 10.8. The van der Waals surface area contributed by atoms with Crippen LogP contribution in [-0.2, 0) is 0 Å². The number of benzene rings is 3. The minimum absolute atomic E-state index is 0. The minimum atomic E-state index is 0. The van der Waals surface area contributed by atoms with Gasteiger partial charge in [-0.05, 0) is 74.2 Å². The molecular weight excluding hydrogens is 641 g/mol. The van der Waals surface area contributed by atoms with Crippen LogP contribution in [0.2, 0.25) is 0 Å². The van der Waals surface area contributed by atoms with Gasteiger partial charge in [-0.2, -0.15) is 0 Å². The van der Waals surface area contributed by atoms with Crippen molar-refractivity contribution in [3.8, 4) is 22.3 Å². The second kappa shape index (κ2) is 14.1. The molecule has 0 atom stereocenters. The van der Waals surface area contributed by atoms with Gasteiger partial charge in [0.15, 0.2) is 0 Å². The summed E-state index contributed by atoms with van der Waals surface area (Å²) in [4.78, 5) is 0. The molecule has 0 saturated carbocycles. The molecule has 3 aromatic rings. The molecule has 0 saturated heterocycles. The van der Waals surface area contributed by atoms with Gasteiger partial charge in [0, 0.05) is 1.43 Å². The maximum Gasteiger partial charge on any atom is 2.00 e. The summed E-state index contributed by atoms with van der Waals surface area (Å²) in [7, 11) is 0. The van der Waals surface area contributed by atoms with Crippen LogP contribution < -0.4 is 36.4 Å². The maximum atomic E-state index is 3.86. The van der Waals surface area contributed by atoms with E-state index in [0.29, 0.717) is 23.7 Å². The quantitative estimate of drug-likeness (QED) is 0.278. The minimum Gasteiger partial charge on any atom is -1.00 e. The van der Waals surface area contributed by atoms with Crippen LogP contribution in [0.25, 0.3) is 22.3 Å². The van der Waals surface area contributed by atoms with Gasteiger partial charge in [0.2, 0.25) is 0 Å². The molecule has 0 aliphatic carbocycles. The summed E-state index contributed by atoms with van der Waals surface area (Å²) in [6.07, 6.45) is 0. The van der Waals surface area contributed by atoms with Gasteiger partial charge in [0.05, 0.1) is 0 Å². The van der Waals surface area contributed by atoms with Crippen molar-refractivity contribution in [3.63, 3.8) is 0 Å². The summed E-state index contributed by atoms with van der Waals surface area (Å²) >= 11 is 0. The van der Waals surface area contributed by atoms with Crippen molar-refractivity contribution in [2.24, 2.45) is 0 Å². The average molecular weight is 681 g/mol. The third-order valence-electron chi connectivity index (χ3n) is 6.08. The van der Waals surface area contributed by atoms with E-state index in [1.165, 1.54) is 44.5 Å². The zero-order chi connectivity index (χ0) is 22.0. The summed E-state index contributed by atoms with van der Waals surface area (Å²) in [5, 5.41) is 0. The molecule has 3 radical (unpaired) electrons. The molecule has 0 heterocycles. The third-order valence-corrected chi connectivity index (χ3v) is 6.08. The van der Waals surface area contributed by atoms with Crippen molar-refractivity contribution in [1.82, 2.24) is 0 Å². The first kappa shape index (κ1) is 32.5. The first-order valence-corrected chi connectivity index (χ1v) is 11.5. The van der Waals surface area contributed by atoms with E-state index in [2.05, 4.69) is 116 Å². The van der Waals surface area contributed by atoms with Crippen LogP contribution in [0.1, 0.15) is 103 Å². The standard InChI is InChI=1S/C30H37.ClH.HI.Sn.H2/c1-19(2)25-14-10-15-26(20(3)4)29(25)23-12-9-13-24(18-23)30-27(21(5)6)16-11-17-28(30)22(7)8;;;;/h9-17,19-22H,1-8H3;2*1H;;1H/q;;;+2;/p-2. The average Bonchev–Trinajstić information content (AvgIpc) is 2.72.